The number of carbonyl (C=O) groups is 2. The first-order chi connectivity index (χ1) is 13.5. The number of para-hydroxylation sites is 2. The Morgan fingerprint density at radius 3 is 2.32 bits per heavy atom. The number of hydrogen-bond donors (Lipinski definition) is 3. The van der Waals surface area contributed by atoms with E-state index in [1.807, 2.05) is 43.3 Å². The molecular weight excluding hydrogens is 374 g/mol. The molecule has 2 amide bonds. The molecule has 0 atom stereocenters. The van der Waals surface area contributed by atoms with E-state index >= 15 is 0 Å². The highest BCUT2D eigenvalue weighted by Gasteiger charge is 2.13. The molecule has 0 heterocycles. The van der Waals surface area contributed by atoms with E-state index in [0.717, 1.165) is 5.56 Å². The van der Waals surface area contributed by atoms with Gasteiger partial charge in [-0.25, -0.2) is 0 Å². The summed E-state index contributed by atoms with van der Waals surface area (Å²) in [5, 5.41) is 9.15. The zero-order valence-electron chi connectivity index (χ0n) is 15.3. The van der Waals surface area contributed by atoms with Crippen molar-refractivity contribution in [3.05, 3.63) is 88.9 Å². The van der Waals surface area contributed by atoms with Gasteiger partial charge in [-0.1, -0.05) is 48.0 Å². The summed E-state index contributed by atoms with van der Waals surface area (Å²) in [6.07, 6.45) is 0. The van der Waals surface area contributed by atoms with Crippen molar-refractivity contribution >= 4 is 40.5 Å². The highest BCUT2D eigenvalue weighted by Crippen LogP contribution is 2.22. The molecule has 3 aromatic carbocycles. The second kappa shape index (κ2) is 9.06. The number of aryl methyl sites for hydroxylation is 1. The molecular formula is C22H20ClN3O2. The SMILES string of the molecule is Cc1ccc(NCC(=O)Nc2ccccc2C(=O)Nc2ccccc2)c(Cl)c1. The van der Waals surface area contributed by atoms with E-state index in [9.17, 15) is 9.59 Å². The molecule has 3 N–H and O–H groups in total. The van der Waals surface area contributed by atoms with Crippen LogP contribution in [0.25, 0.3) is 0 Å². The van der Waals surface area contributed by atoms with Crippen molar-refractivity contribution in [2.24, 2.45) is 0 Å². The Kier molecular flexibility index (Phi) is 6.29. The van der Waals surface area contributed by atoms with Gasteiger partial charge in [0.2, 0.25) is 5.91 Å². The Morgan fingerprint density at radius 2 is 1.57 bits per heavy atom. The Balaban J connectivity index is 1.65. The highest BCUT2D eigenvalue weighted by atomic mass is 35.5. The first-order valence-corrected chi connectivity index (χ1v) is 9.16. The number of rotatable bonds is 6. The van der Waals surface area contributed by atoms with Gasteiger partial charge in [-0.2, -0.15) is 0 Å². The van der Waals surface area contributed by atoms with E-state index in [1.54, 1.807) is 36.4 Å². The van der Waals surface area contributed by atoms with Crippen LogP contribution in [-0.4, -0.2) is 18.4 Å². The minimum atomic E-state index is -0.295. The van der Waals surface area contributed by atoms with Crippen molar-refractivity contribution in [2.75, 3.05) is 22.5 Å². The van der Waals surface area contributed by atoms with Crippen LogP contribution in [0.1, 0.15) is 15.9 Å². The predicted molar refractivity (Wildman–Crippen MR) is 114 cm³/mol. The first kappa shape index (κ1) is 19.5. The van der Waals surface area contributed by atoms with Crippen molar-refractivity contribution in [2.45, 2.75) is 6.92 Å². The summed E-state index contributed by atoms with van der Waals surface area (Å²) in [5.41, 5.74) is 3.23. The van der Waals surface area contributed by atoms with E-state index in [-0.39, 0.29) is 18.4 Å². The zero-order valence-corrected chi connectivity index (χ0v) is 16.1. The standard InChI is InChI=1S/C22H20ClN3O2/c1-15-11-12-20(18(23)13-15)24-14-21(27)26-19-10-6-5-9-17(19)22(28)25-16-7-3-2-4-8-16/h2-13,24H,14H2,1H3,(H,25,28)(H,26,27). The largest absolute Gasteiger partial charge is 0.375 e. The molecule has 0 fully saturated rings. The molecule has 0 aliphatic rings. The van der Waals surface area contributed by atoms with Crippen molar-refractivity contribution in [3.63, 3.8) is 0 Å². The lowest BCUT2D eigenvalue weighted by molar-refractivity contribution is -0.114. The lowest BCUT2D eigenvalue weighted by Gasteiger charge is -2.13. The number of amides is 2. The lowest BCUT2D eigenvalue weighted by Crippen LogP contribution is -2.24. The molecule has 3 aromatic rings. The lowest BCUT2D eigenvalue weighted by atomic mass is 10.1. The van der Waals surface area contributed by atoms with Crippen molar-refractivity contribution in [1.29, 1.82) is 0 Å². The number of benzene rings is 3. The maximum absolute atomic E-state index is 12.6. The summed E-state index contributed by atoms with van der Waals surface area (Å²) in [7, 11) is 0. The molecule has 0 spiro atoms. The van der Waals surface area contributed by atoms with Crippen LogP contribution < -0.4 is 16.0 Å². The third-order valence-corrected chi connectivity index (χ3v) is 4.35. The minimum Gasteiger partial charge on any atom is -0.375 e. The van der Waals surface area contributed by atoms with E-state index in [4.69, 9.17) is 11.6 Å². The molecule has 3 rings (SSSR count). The summed E-state index contributed by atoms with van der Waals surface area (Å²) in [5.74, 6) is -0.576. The molecule has 0 aliphatic carbocycles. The quantitative estimate of drug-likeness (QED) is 0.554. The van der Waals surface area contributed by atoms with Gasteiger partial charge in [-0.3, -0.25) is 9.59 Å². The highest BCUT2D eigenvalue weighted by molar-refractivity contribution is 6.33. The van der Waals surface area contributed by atoms with Gasteiger partial charge in [0, 0.05) is 5.69 Å². The molecule has 0 saturated heterocycles. The van der Waals surface area contributed by atoms with Crippen molar-refractivity contribution in [3.8, 4) is 0 Å². The van der Waals surface area contributed by atoms with Gasteiger partial charge in [0.25, 0.3) is 5.91 Å². The topological polar surface area (TPSA) is 70.2 Å². The van der Waals surface area contributed by atoms with Gasteiger partial charge >= 0.3 is 0 Å². The van der Waals surface area contributed by atoms with Crippen LogP contribution in [0.2, 0.25) is 5.02 Å². The fourth-order valence-electron chi connectivity index (χ4n) is 2.64. The molecule has 0 aromatic heterocycles. The van der Waals surface area contributed by atoms with Crippen LogP contribution in [0.3, 0.4) is 0 Å². The van der Waals surface area contributed by atoms with E-state index < -0.39 is 0 Å². The Hall–Kier alpha value is -3.31. The average molecular weight is 394 g/mol. The summed E-state index contributed by atoms with van der Waals surface area (Å²) < 4.78 is 0. The summed E-state index contributed by atoms with van der Waals surface area (Å²) >= 11 is 6.17. The molecule has 0 aliphatic heterocycles. The summed E-state index contributed by atoms with van der Waals surface area (Å²) in [4.78, 5) is 24.9. The predicted octanol–water partition coefficient (Wildman–Crippen LogP) is 4.95. The fourth-order valence-corrected chi connectivity index (χ4v) is 2.95. The fraction of sp³-hybridized carbons (Fsp3) is 0.0909. The molecule has 0 unspecified atom stereocenters. The average Bonchev–Trinajstić information content (AvgIpc) is 2.68. The monoisotopic (exact) mass is 393 g/mol. The van der Waals surface area contributed by atoms with Gasteiger partial charge < -0.3 is 16.0 Å². The number of carbonyl (C=O) groups excluding carboxylic acids is 2. The summed E-state index contributed by atoms with van der Waals surface area (Å²) in [6.45, 7) is 1.97. The normalized spacial score (nSPS) is 10.2. The molecule has 5 nitrogen and oxygen atoms in total. The molecule has 142 valence electrons. The van der Waals surface area contributed by atoms with Crippen LogP contribution >= 0.6 is 11.6 Å². The molecule has 28 heavy (non-hydrogen) atoms. The third kappa shape index (κ3) is 5.11. The molecule has 0 bridgehead atoms. The maximum Gasteiger partial charge on any atom is 0.257 e. The zero-order chi connectivity index (χ0) is 19.9. The van der Waals surface area contributed by atoms with E-state index in [0.29, 0.717) is 27.6 Å². The van der Waals surface area contributed by atoms with Crippen LogP contribution in [-0.2, 0) is 4.79 Å². The van der Waals surface area contributed by atoms with E-state index in [2.05, 4.69) is 16.0 Å². The van der Waals surface area contributed by atoms with Gasteiger partial charge in [-0.15, -0.1) is 0 Å². The number of anilines is 3. The Bertz CT molecular complexity index is 990. The van der Waals surface area contributed by atoms with Crippen molar-refractivity contribution < 1.29 is 9.59 Å². The van der Waals surface area contributed by atoms with Gasteiger partial charge in [0.1, 0.15) is 0 Å². The second-order valence-electron chi connectivity index (χ2n) is 6.25. The van der Waals surface area contributed by atoms with Crippen LogP contribution in [0, 0.1) is 6.92 Å². The van der Waals surface area contributed by atoms with Crippen LogP contribution in [0.5, 0.6) is 0 Å². The third-order valence-electron chi connectivity index (χ3n) is 4.04. The van der Waals surface area contributed by atoms with Crippen molar-refractivity contribution in [1.82, 2.24) is 0 Å². The molecule has 0 saturated carbocycles. The Morgan fingerprint density at radius 1 is 0.857 bits per heavy atom. The molecule has 0 radical (unpaired) electrons. The first-order valence-electron chi connectivity index (χ1n) is 8.78. The van der Waals surface area contributed by atoms with E-state index in [1.165, 1.54) is 0 Å². The number of nitrogens with one attached hydrogen (secondary N) is 3. The maximum atomic E-state index is 12.6. The number of hydrogen-bond acceptors (Lipinski definition) is 3. The molecule has 6 heteroatoms. The smallest absolute Gasteiger partial charge is 0.257 e. The van der Waals surface area contributed by atoms with Crippen LogP contribution in [0.15, 0.2) is 72.8 Å². The van der Waals surface area contributed by atoms with Gasteiger partial charge in [0.05, 0.1) is 28.5 Å². The van der Waals surface area contributed by atoms with Gasteiger partial charge in [0.15, 0.2) is 0 Å². The van der Waals surface area contributed by atoms with Gasteiger partial charge in [-0.05, 0) is 48.9 Å². The second-order valence-corrected chi connectivity index (χ2v) is 6.66. The Labute approximate surface area is 168 Å². The summed E-state index contributed by atoms with van der Waals surface area (Å²) in [6, 6.07) is 21.6. The minimum absolute atomic E-state index is 0.0252. The number of halogens is 1. The van der Waals surface area contributed by atoms with Crippen LogP contribution in [0.4, 0.5) is 17.1 Å².